The van der Waals surface area contributed by atoms with Crippen molar-refractivity contribution in [2.24, 2.45) is 0 Å². The summed E-state index contributed by atoms with van der Waals surface area (Å²) >= 11 is 0. The minimum absolute atomic E-state index is 0.0648. The SMILES string of the molecule is CC1=C(C(=O)O)[C@H](C)OC1=O. The summed E-state index contributed by atoms with van der Waals surface area (Å²) < 4.78 is 4.65. The molecule has 1 aliphatic rings. The van der Waals surface area contributed by atoms with Crippen LogP contribution in [0.25, 0.3) is 0 Å². The van der Waals surface area contributed by atoms with Gasteiger partial charge in [0.2, 0.25) is 0 Å². The topological polar surface area (TPSA) is 63.6 Å². The average Bonchev–Trinajstić information content (AvgIpc) is 2.07. The number of ether oxygens (including phenoxy) is 1. The van der Waals surface area contributed by atoms with Crippen molar-refractivity contribution in [2.45, 2.75) is 20.0 Å². The van der Waals surface area contributed by atoms with Crippen molar-refractivity contribution in [3.8, 4) is 0 Å². The zero-order valence-corrected chi connectivity index (χ0v) is 6.25. The number of hydrogen-bond acceptors (Lipinski definition) is 3. The Morgan fingerprint density at radius 1 is 1.64 bits per heavy atom. The first-order valence-electron chi connectivity index (χ1n) is 3.19. The highest BCUT2D eigenvalue weighted by Gasteiger charge is 2.32. The van der Waals surface area contributed by atoms with E-state index in [4.69, 9.17) is 5.11 Å². The average molecular weight is 156 g/mol. The zero-order chi connectivity index (χ0) is 8.59. The maximum atomic E-state index is 10.8. The summed E-state index contributed by atoms with van der Waals surface area (Å²) in [5.74, 6) is -1.62. The fraction of sp³-hybridized carbons (Fsp3) is 0.429. The number of carboxylic acids is 1. The van der Waals surface area contributed by atoms with Crippen LogP contribution < -0.4 is 0 Å². The molecule has 0 aromatic heterocycles. The highest BCUT2D eigenvalue weighted by atomic mass is 16.5. The van der Waals surface area contributed by atoms with Gasteiger partial charge < -0.3 is 9.84 Å². The molecule has 1 atom stereocenters. The Morgan fingerprint density at radius 3 is 2.36 bits per heavy atom. The molecule has 11 heavy (non-hydrogen) atoms. The minimum Gasteiger partial charge on any atom is -0.478 e. The van der Waals surface area contributed by atoms with Crippen LogP contribution in [0.2, 0.25) is 0 Å². The van der Waals surface area contributed by atoms with Gasteiger partial charge in [-0.05, 0) is 13.8 Å². The summed E-state index contributed by atoms with van der Waals surface area (Å²) in [4.78, 5) is 21.2. The Hall–Kier alpha value is -1.32. The third-order valence-corrected chi connectivity index (χ3v) is 1.63. The predicted molar refractivity (Wildman–Crippen MR) is 35.9 cm³/mol. The molecule has 0 spiro atoms. The van der Waals surface area contributed by atoms with E-state index in [1.165, 1.54) is 13.8 Å². The van der Waals surface area contributed by atoms with Crippen LogP contribution in [0.15, 0.2) is 11.1 Å². The van der Waals surface area contributed by atoms with Gasteiger partial charge in [0, 0.05) is 5.57 Å². The van der Waals surface area contributed by atoms with Gasteiger partial charge in [0.05, 0.1) is 5.57 Å². The first kappa shape index (κ1) is 7.78. The molecule has 1 N–H and O–H groups in total. The lowest BCUT2D eigenvalue weighted by molar-refractivity contribution is -0.139. The lowest BCUT2D eigenvalue weighted by Gasteiger charge is -2.02. The molecule has 4 heteroatoms. The highest BCUT2D eigenvalue weighted by molar-refractivity contribution is 6.03. The molecule has 4 nitrogen and oxygen atoms in total. The molecule has 0 aromatic carbocycles. The van der Waals surface area contributed by atoms with Gasteiger partial charge in [-0.2, -0.15) is 0 Å². The van der Waals surface area contributed by atoms with Crippen LogP contribution in [0, 0.1) is 0 Å². The molecule has 0 fully saturated rings. The third kappa shape index (κ3) is 1.11. The second-order valence-corrected chi connectivity index (χ2v) is 2.39. The van der Waals surface area contributed by atoms with Crippen molar-refractivity contribution in [3.63, 3.8) is 0 Å². The van der Waals surface area contributed by atoms with Crippen molar-refractivity contribution in [2.75, 3.05) is 0 Å². The van der Waals surface area contributed by atoms with Crippen molar-refractivity contribution >= 4 is 11.9 Å². The molecule has 0 saturated carbocycles. The number of cyclic esters (lactones) is 1. The molecular formula is C7H8O4. The van der Waals surface area contributed by atoms with Crippen LogP contribution in [0.4, 0.5) is 0 Å². The zero-order valence-electron chi connectivity index (χ0n) is 6.25. The highest BCUT2D eigenvalue weighted by Crippen LogP contribution is 2.21. The predicted octanol–water partition coefficient (Wildman–Crippen LogP) is 0.333. The number of aliphatic carboxylic acids is 1. The first-order chi connectivity index (χ1) is 5.04. The smallest absolute Gasteiger partial charge is 0.335 e. The van der Waals surface area contributed by atoms with E-state index in [0.717, 1.165) is 0 Å². The summed E-state index contributed by atoms with van der Waals surface area (Å²) in [5, 5.41) is 8.58. The van der Waals surface area contributed by atoms with Crippen LogP contribution >= 0.6 is 0 Å². The lowest BCUT2D eigenvalue weighted by atomic mass is 10.1. The molecule has 0 aromatic rings. The fourth-order valence-corrected chi connectivity index (χ4v) is 1.06. The van der Waals surface area contributed by atoms with Crippen LogP contribution in [0.1, 0.15) is 13.8 Å². The molecule has 0 amide bonds. The van der Waals surface area contributed by atoms with Crippen molar-refractivity contribution in [1.29, 1.82) is 0 Å². The van der Waals surface area contributed by atoms with E-state index in [-0.39, 0.29) is 11.1 Å². The Kier molecular flexibility index (Phi) is 1.68. The summed E-state index contributed by atoms with van der Waals surface area (Å²) in [5.41, 5.74) is 0.264. The number of carboxylic acid groups (broad SMARTS) is 1. The molecule has 1 aliphatic heterocycles. The van der Waals surface area contributed by atoms with Crippen LogP contribution in [-0.4, -0.2) is 23.1 Å². The van der Waals surface area contributed by atoms with E-state index < -0.39 is 18.0 Å². The van der Waals surface area contributed by atoms with Gasteiger partial charge in [0.1, 0.15) is 6.10 Å². The van der Waals surface area contributed by atoms with Gasteiger partial charge in [0.25, 0.3) is 0 Å². The van der Waals surface area contributed by atoms with E-state index in [0.29, 0.717) is 0 Å². The van der Waals surface area contributed by atoms with Gasteiger partial charge in [-0.25, -0.2) is 9.59 Å². The van der Waals surface area contributed by atoms with Gasteiger partial charge >= 0.3 is 11.9 Å². The molecule has 0 unspecified atom stereocenters. The Balaban J connectivity index is 3.06. The summed E-state index contributed by atoms with van der Waals surface area (Å²) in [6.07, 6.45) is -0.611. The second-order valence-electron chi connectivity index (χ2n) is 2.39. The molecule has 0 aliphatic carbocycles. The quantitative estimate of drug-likeness (QED) is 0.556. The number of hydrogen-bond donors (Lipinski definition) is 1. The Bertz CT molecular complexity index is 251. The van der Waals surface area contributed by atoms with Gasteiger partial charge in [0.15, 0.2) is 0 Å². The molecule has 60 valence electrons. The summed E-state index contributed by atoms with van der Waals surface area (Å²) in [7, 11) is 0. The molecule has 1 heterocycles. The van der Waals surface area contributed by atoms with Crippen LogP contribution in [-0.2, 0) is 14.3 Å². The van der Waals surface area contributed by atoms with Crippen LogP contribution in [0.3, 0.4) is 0 Å². The number of carbonyl (C=O) groups excluding carboxylic acids is 1. The summed E-state index contributed by atoms with van der Waals surface area (Å²) in [6.45, 7) is 2.99. The van der Waals surface area contributed by atoms with E-state index in [2.05, 4.69) is 4.74 Å². The van der Waals surface area contributed by atoms with Crippen molar-refractivity contribution in [1.82, 2.24) is 0 Å². The second kappa shape index (κ2) is 2.38. The number of carbonyl (C=O) groups is 2. The van der Waals surface area contributed by atoms with E-state index in [9.17, 15) is 9.59 Å². The van der Waals surface area contributed by atoms with Crippen LogP contribution in [0.5, 0.6) is 0 Å². The number of esters is 1. The normalized spacial score (nSPS) is 23.8. The maximum Gasteiger partial charge on any atom is 0.335 e. The fourth-order valence-electron chi connectivity index (χ4n) is 1.06. The molecule has 0 saturated heterocycles. The maximum absolute atomic E-state index is 10.8. The van der Waals surface area contributed by atoms with E-state index >= 15 is 0 Å². The minimum atomic E-state index is -1.08. The Labute approximate surface area is 63.5 Å². The molecule has 1 rings (SSSR count). The van der Waals surface area contributed by atoms with Gasteiger partial charge in [-0.15, -0.1) is 0 Å². The number of rotatable bonds is 1. The Morgan fingerprint density at radius 2 is 2.18 bits per heavy atom. The van der Waals surface area contributed by atoms with Crippen molar-refractivity contribution in [3.05, 3.63) is 11.1 Å². The standard InChI is InChI=1S/C7H8O4/c1-3-5(6(8)9)4(2)11-7(3)10/h4H,1-2H3,(H,8,9)/t4-/m0/s1. The van der Waals surface area contributed by atoms with Crippen molar-refractivity contribution < 1.29 is 19.4 Å². The van der Waals surface area contributed by atoms with Gasteiger partial charge in [-0.1, -0.05) is 0 Å². The first-order valence-corrected chi connectivity index (χ1v) is 3.19. The molecular weight excluding hydrogens is 148 g/mol. The van der Waals surface area contributed by atoms with E-state index in [1.54, 1.807) is 0 Å². The third-order valence-electron chi connectivity index (χ3n) is 1.63. The molecule has 0 radical (unpaired) electrons. The van der Waals surface area contributed by atoms with Gasteiger partial charge in [-0.3, -0.25) is 0 Å². The lowest BCUT2D eigenvalue weighted by Crippen LogP contribution is -2.12. The summed E-state index contributed by atoms with van der Waals surface area (Å²) in [6, 6.07) is 0. The van der Waals surface area contributed by atoms with E-state index in [1.807, 2.05) is 0 Å². The largest absolute Gasteiger partial charge is 0.478 e. The molecule has 0 bridgehead atoms. The monoisotopic (exact) mass is 156 g/mol.